The third-order valence-corrected chi connectivity index (χ3v) is 5.81. The number of amides is 2. The van der Waals surface area contributed by atoms with Gasteiger partial charge in [-0.25, -0.2) is 4.98 Å². The van der Waals surface area contributed by atoms with Gasteiger partial charge in [0.1, 0.15) is 5.69 Å². The molecule has 2 amide bonds. The molecule has 0 saturated carbocycles. The van der Waals surface area contributed by atoms with Gasteiger partial charge in [-0.1, -0.05) is 35.5 Å². The Balaban J connectivity index is 1.32. The molecule has 0 spiro atoms. The Hall–Kier alpha value is -3.42. The van der Waals surface area contributed by atoms with E-state index in [1.807, 2.05) is 47.2 Å². The van der Waals surface area contributed by atoms with Crippen LogP contribution in [0.2, 0.25) is 0 Å². The molecule has 2 aliphatic rings. The summed E-state index contributed by atoms with van der Waals surface area (Å²) in [7, 11) is 1.84. The molecule has 2 fully saturated rings. The van der Waals surface area contributed by atoms with Crippen molar-refractivity contribution in [3.05, 3.63) is 60.3 Å². The highest BCUT2D eigenvalue weighted by molar-refractivity contribution is 5.95. The van der Waals surface area contributed by atoms with Gasteiger partial charge < -0.3 is 18.9 Å². The number of carbonyl (C=O) groups excluding carboxylic acids is 2. The van der Waals surface area contributed by atoms with Crippen molar-refractivity contribution in [1.82, 2.24) is 24.5 Å². The van der Waals surface area contributed by atoms with Crippen molar-refractivity contribution in [3.63, 3.8) is 0 Å². The molecule has 8 nitrogen and oxygen atoms in total. The zero-order valence-corrected chi connectivity index (χ0v) is 16.1. The van der Waals surface area contributed by atoms with Crippen molar-refractivity contribution in [2.75, 3.05) is 13.1 Å². The van der Waals surface area contributed by atoms with E-state index in [1.165, 1.54) is 0 Å². The molecule has 0 N–H and O–H groups in total. The first kappa shape index (κ1) is 17.7. The Morgan fingerprint density at radius 3 is 2.28 bits per heavy atom. The van der Waals surface area contributed by atoms with E-state index in [0.717, 1.165) is 18.4 Å². The first-order valence-electron chi connectivity index (χ1n) is 9.74. The van der Waals surface area contributed by atoms with Crippen LogP contribution in [-0.4, -0.2) is 61.5 Å². The summed E-state index contributed by atoms with van der Waals surface area (Å²) < 4.78 is 7.15. The van der Waals surface area contributed by atoms with Crippen LogP contribution >= 0.6 is 0 Å². The van der Waals surface area contributed by atoms with Crippen molar-refractivity contribution >= 4 is 11.8 Å². The number of nitrogens with zero attached hydrogens (tertiary/aromatic N) is 5. The molecule has 148 valence electrons. The van der Waals surface area contributed by atoms with Gasteiger partial charge in [-0.3, -0.25) is 9.59 Å². The minimum Gasteiger partial charge on any atom is -0.355 e. The topological polar surface area (TPSA) is 84.5 Å². The van der Waals surface area contributed by atoms with Gasteiger partial charge in [0, 0.05) is 38.0 Å². The summed E-state index contributed by atoms with van der Waals surface area (Å²) in [6, 6.07) is 11.3. The van der Waals surface area contributed by atoms with Crippen LogP contribution in [0, 0.1) is 0 Å². The summed E-state index contributed by atoms with van der Waals surface area (Å²) in [5, 5.41) is 4.00. The van der Waals surface area contributed by atoms with Crippen molar-refractivity contribution in [2.45, 2.75) is 24.9 Å². The lowest BCUT2D eigenvalue weighted by Gasteiger charge is -2.24. The Labute approximate surface area is 167 Å². The number of benzene rings is 1. The van der Waals surface area contributed by atoms with E-state index < -0.39 is 0 Å². The molecule has 1 aromatic carbocycles. The molecule has 2 aromatic heterocycles. The maximum atomic E-state index is 13.1. The number of imidazole rings is 1. The highest BCUT2D eigenvalue weighted by atomic mass is 16.5. The first-order chi connectivity index (χ1) is 14.1. The van der Waals surface area contributed by atoms with Crippen molar-refractivity contribution in [3.8, 4) is 11.3 Å². The number of likely N-dealkylation sites (tertiary alicyclic amines) is 2. The average molecular weight is 391 g/mol. The quantitative estimate of drug-likeness (QED) is 0.683. The number of aryl methyl sites for hydroxylation is 1. The van der Waals surface area contributed by atoms with Crippen LogP contribution in [0.4, 0.5) is 0 Å². The summed E-state index contributed by atoms with van der Waals surface area (Å²) in [4.78, 5) is 33.8. The lowest BCUT2D eigenvalue weighted by atomic mass is 10.1. The number of fused-ring (bicyclic) bond motifs is 1. The maximum Gasteiger partial charge on any atom is 0.276 e. The predicted octanol–water partition coefficient (Wildman–Crippen LogP) is 2.20. The third-order valence-electron chi connectivity index (χ3n) is 5.81. The standard InChI is InChI=1S/C21H21N5O3/c1-24-12-16(22-13-24)21(28)26-10-8-17-18(26)7-9-25(17)20(27)15-11-19(29-23-15)14-5-3-2-4-6-14/h2-6,11-13,17-18H,7-10H2,1H3/t17-,18-/m0/s1. The van der Waals surface area contributed by atoms with E-state index >= 15 is 0 Å². The molecule has 0 unspecified atom stereocenters. The number of aromatic nitrogens is 3. The van der Waals surface area contributed by atoms with Crippen LogP contribution in [0.3, 0.4) is 0 Å². The summed E-state index contributed by atoms with van der Waals surface area (Å²) in [6.07, 6.45) is 4.88. The minimum absolute atomic E-state index is 0.00652. The van der Waals surface area contributed by atoms with Crippen molar-refractivity contribution < 1.29 is 14.1 Å². The van der Waals surface area contributed by atoms with Gasteiger partial charge in [0.15, 0.2) is 11.5 Å². The molecule has 0 bridgehead atoms. The molecule has 2 atom stereocenters. The van der Waals surface area contributed by atoms with Gasteiger partial charge in [0.25, 0.3) is 11.8 Å². The zero-order chi connectivity index (χ0) is 20.0. The van der Waals surface area contributed by atoms with Crippen LogP contribution in [0.25, 0.3) is 11.3 Å². The molecule has 2 aliphatic heterocycles. The van der Waals surface area contributed by atoms with Crippen LogP contribution in [0.1, 0.15) is 33.8 Å². The number of carbonyl (C=O) groups is 2. The molecule has 0 aliphatic carbocycles. The molecule has 0 radical (unpaired) electrons. The van der Waals surface area contributed by atoms with Gasteiger partial charge >= 0.3 is 0 Å². The Morgan fingerprint density at radius 1 is 1.00 bits per heavy atom. The predicted molar refractivity (Wildman–Crippen MR) is 104 cm³/mol. The molecule has 5 rings (SSSR count). The smallest absolute Gasteiger partial charge is 0.276 e. The van der Waals surface area contributed by atoms with Gasteiger partial charge in [0.2, 0.25) is 0 Å². The van der Waals surface area contributed by atoms with Gasteiger partial charge in [-0.15, -0.1) is 0 Å². The molecular weight excluding hydrogens is 370 g/mol. The van der Waals surface area contributed by atoms with Crippen LogP contribution in [0.15, 0.2) is 53.4 Å². The Morgan fingerprint density at radius 2 is 1.66 bits per heavy atom. The lowest BCUT2D eigenvalue weighted by Crippen LogP contribution is -2.41. The SMILES string of the molecule is Cn1cnc(C(=O)N2CC[C@H]3[C@@H]2CCN3C(=O)c2cc(-c3ccccc3)on2)c1. The number of rotatable bonds is 3. The van der Waals surface area contributed by atoms with Gasteiger partial charge in [0.05, 0.1) is 18.4 Å². The van der Waals surface area contributed by atoms with Crippen LogP contribution < -0.4 is 0 Å². The van der Waals surface area contributed by atoms with E-state index in [0.29, 0.717) is 30.2 Å². The zero-order valence-electron chi connectivity index (χ0n) is 16.1. The molecule has 29 heavy (non-hydrogen) atoms. The molecule has 2 saturated heterocycles. The monoisotopic (exact) mass is 391 g/mol. The van der Waals surface area contributed by atoms with E-state index in [1.54, 1.807) is 23.2 Å². The third kappa shape index (κ3) is 3.00. The molecule has 3 aromatic rings. The minimum atomic E-state index is -0.143. The van der Waals surface area contributed by atoms with Crippen molar-refractivity contribution in [1.29, 1.82) is 0 Å². The van der Waals surface area contributed by atoms with E-state index in [9.17, 15) is 9.59 Å². The summed E-state index contributed by atoms with van der Waals surface area (Å²) in [5.74, 6) is 0.360. The highest BCUT2D eigenvalue weighted by Gasteiger charge is 2.47. The normalized spacial score (nSPS) is 20.9. The lowest BCUT2D eigenvalue weighted by molar-refractivity contribution is 0.0683. The summed E-state index contributed by atoms with van der Waals surface area (Å²) >= 11 is 0. The Kier molecular flexibility index (Phi) is 4.19. The van der Waals surface area contributed by atoms with E-state index in [-0.39, 0.29) is 23.9 Å². The fraction of sp³-hybridized carbons (Fsp3) is 0.333. The number of hydrogen-bond donors (Lipinski definition) is 0. The van der Waals surface area contributed by atoms with E-state index in [2.05, 4.69) is 10.1 Å². The fourth-order valence-electron chi connectivity index (χ4n) is 4.42. The maximum absolute atomic E-state index is 13.1. The summed E-state index contributed by atoms with van der Waals surface area (Å²) in [6.45, 7) is 1.23. The highest BCUT2D eigenvalue weighted by Crippen LogP contribution is 2.33. The van der Waals surface area contributed by atoms with Crippen LogP contribution in [-0.2, 0) is 7.05 Å². The molecule has 4 heterocycles. The second kappa shape index (κ2) is 6.88. The second-order valence-electron chi connectivity index (χ2n) is 7.58. The fourth-order valence-corrected chi connectivity index (χ4v) is 4.42. The molecular formula is C21H21N5O3. The largest absolute Gasteiger partial charge is 0.355 e. The van der Waals surface area contributed by atoms with Crippen molar-refractivity contribution in [2.24, 2.45) is 7.05 Å². The first-order valence-corrected chi connectivity index (χ1v) is 9.74. The summed E-state index contributed by atoms with van der Waals surface area (Å²) in [5.41, 5.74) is 1.63. The van der Waals surface area contributed by atoms with Gasteiger partial charge in [-0.2, -0.15) is 0 Å². The van der Waals surface area contributed by atoms with E-state index in [4.69, 9.17) is 4.52 Å². The van der Waals surface area contributed by atoms with Gasteiger partial charge in [-0.05, 0) is 12.8 Å². The van der Waals surface area contributed by atoms with Crippen LogP contribution in [0.5, 0.6) is 0 Å². The average Bonchev–Trinajstić information content (AvgIpc) is 3.51. The molecule has 8 heteroatoms. The second-order valence-corrected chi connectivity index (χ2v) is 7.58. The number of hydrogen-bond acceptors (Lipinski definition) is 5. The Bertz CT molecular complexity index is 1060.